The average molecular weight is 257 g/mol. The van der Waals surface area contributed by atoms with E-state index in [2.05, 4.69) is 12.2 Å². The van der Waals surface area contributed by atoms with Gasteiger partial charge in [0.2, 0.25) is 5.91 Å². The molecule has 0 spiro atoms. The highest BCUT2D eigenvalue weighted by atomic mass is 16.4. The Morgan fingerprint density at radius 1 is 1.17 bits per heavy atom. The van der Waals surface area contributed by atoms with E-state index in [4.69, 9.17) is 0 Å². The lowest BCUT2D eigenvalue weighted by Gasteiger charge is -2.27. The van der Waals surface area contributed by atoms with Crippen molar-refractivity contribution in [3.8, 4) is 0 Å². The number of amides is 1. The van der Waals surface area contributed by atoms with Gasteiger partial charge in [0.15, 0.2) is 0 Å². The van der Waals surface area contributed by atoms with Gasteiger partial charge in [0.25, 0.3) is 0 Å². The third kappa shape index (κ3) is 4.67. The van der Waals surface area contributed by atoms with Gasteiger partial charge in [0.1, 0.15) is 0 Å². The van der Waals surface area contributed by atoms with E-state index in [1.54, 1.807) is 0 Å². The lowest BCUT2D eigenvalue weighted by molar-refractivity contribution is -0.152. The van der Waals surface area contributed by atoms with E-state index in [0.29, 0.717) is 12.8 Å². The molecule has 0 aliphatic heterocycles. The molecule has 0 aliphatic carbocycles. The monoisotopic (exact) mass is 257 g/mol. The van der Waals surface area contributed by atoms with Crippen LogP contribution in [0.5, 0.6) is 0 Å². The molecule has 0 radical (unpaired) electrons. The number of hydrogen-bond donors (Lipinski definition) is 2. The van der Waals surface area contributed by atoms with E-state index in [1.165, 1.54) is 0 Å². The summed E-state index contributed by atoms with van der Waals surface area (Å²) in [5.74, 6) is -1.01. The van der Waals surface area contributed by atoms with Crippen LogP contribution in [-0.2, 0) is 9.59 Å². The summed E-state index contributed by atoms with van der Waals surface area (Å²) in [5.41, 5.74) is -0.908. The fourth-order valence-electron chi connectivity index (χ4n) is 2.19. The summed E-state index contributed by atoms with van der Waals surface area (Å²) >= 11 is 0. The second kappa shape index (κ2) is 8.11. The number of aliphatic carboxylic acids is 1. The molecule has 1 atom stereocenters. The molecule has 0 aromatic carbocycles. The quantitative estimate of drug-likeness (QED) is 0.667. The van der Waals surface area contributed by atoms with E-state index in [0.717, 1.165) is 19.3 Å². The largest absolute Gasteiger partial charge is 0.481 e. The SMILES string of the molecule is CCCC(CC)NC(=O)CC(CC)(CC)C(=O)O. The zero-order chi connectivity index (χ0) is 14.2. The Bertz CT molecular complexity index is 272. The maximum atomic E-state index is 12.0. The fraction of sp³-hybridized carbons (Fsp3) is 0.857. The van der Waals surface area contributed by atoms with Gasteiger partial charge in [-0.15, -0.1) is 0 Å². The van der Waals surface area contributed by atoms with Crippen molar-refractivity contribution >= 4 is 11.9 Å². The summed E-state index contributed by atoms with van der Waals surface area (Å²) < 4.78 is 0. The van der Waals surface area contributed by atoms with E-state index < -0.39 is 11.4 Å². The van der Waals surface area contributed by atoms with Crippen LogP contribution in [0.4, 0.5) is 0 Å². The predicted molar refractivity (Wildman–Crippen MR) is 72.4 cm³/mol. The van der Waals surface area contributed by atoms with E-state index in [1.807, 2.05) is 20.8 Å². The first-order valence-electron chi connectivity index (χ1n) is 6.98. The van der Waals surface area contributed by atoms with Crippen molar-refractivity contribution < 1.29 is 14.7 Å². The molecule has 0 saturated carbocycles. The lowest BCUT2D eigenvalue weighted by atomic mass is 9.79. The smallest absolute Gasteiger partial charge is 0.310 e. The highest BCUT2D eigenvalue weighted by Gasteiger charge is 2.37. The van der Waals surface area contributed by atoms with E-state index in [-0.39, 0.29) is 18.4 Å². The molecule has 18 heavy (non-hydrogen) atoms. The fourth-order valence-corrected chi connectivity index (χ4v) is 2.19. The molecule has 0 heterocycles. The highest BCUT2D eigenvalue weighted by Crippen LogP contribution is 2.30. The third-order valence-corrected chi connectivity index (χ3v) is 3.80. The number of carbonyl (C=O) groups is 2. The Balaban J connectivity index is 4.56. The Hall–Kier alpha value is -1.06. The van der Waals surface area contributed by atoms with Crippen molar-refractivity contribution in [2.45, 2.75) is 72.3 Å². The van der Waals surface area contributed by atoms with Crippen LogP contribution >= 0.6 is 0 Å². The summed E-state index contributed by atoms with van der Waals surface area (Å²) in [5, 5.41) is 12.2. The second-order valence-corrected chi connectivity index (χ2v) is 4.93. The molecule has 1 unspecified atom stereocenters. The summed E-state index contributed by atoms with van der Waals surface area (Å²) in [4.78, 5) is 23.3. The van der Waals surface area contributed by atoms with Crippen molar-refractivity contribution in [3.63, 3.8) is 0 Å². The summed E-state index contributed by atoms with van der Waals surface area (Å²) in [6.45, 7) is 7.77. The second-order valence-electron chi connectivity index (χ2n) is 4.93. The van der Waals surface area contributed by atoms with Gasteiger partial charge in [-0.2, -0.15) is 0 Å². The van der Waals surface area contributed by atoms with Crippen molar-refractivity contribution in [1.29, 1.82) is 0 Å². The first kappa shape index (κ1) is 16.9. The number of rotatable bonds is 9. The van der Waals surface area contributed by atoms with Crippen LogP contribution in [0.2, 0.25) is 0 Å². The van der Waals surface area contributed by atoms with Gasteiger partial charge in [-0.25, -0.2) is 0 Å². The normalized spacial score (nSPS) is 13.1. The highest BCUT2D eigenvalue weighted by molar-refractivity contribution is 5.85. The molecule has 4 heteroatoms. The molecular weight excluding hydrogens is 230 g/mol. The van der Waals surface area contributed by atoms with Crippen LogP contribution in [0.25, 0.3) is 0 Å². The predicted octanol–water partition coefficient (Wildman–Crippen LogP) is 2.96. The van der Waals surface area contributed by atoms with Crippen LogP contribution in [0, 0.1) is 5.41 Å². The van der Waals surface area contributed by atoms with Crippen LogP contribution in [0.1, 0.15) is 66.2 Å². The number of carbonyl (C=O) groups excluding carboxylic acids is 1. The standard InChI is InChI=1S/C14H27NO3/c1-5-9-11(6-2)15-12(16)10-14(7-3,8-4)13(17)18/h11H,5-10H2,1-4H3,(H,15,16)(H,17,18). The minimum Gasteiger partial charge on any atom is -0.481 e. The molecule has 2 N–H and O–H groups in total. The van der Waals surface area contributed by atoms with Crippen LogP contribution in [0.3, 0.4) is 0 Å². The molecule has 0 fully saturated rings. The Morgan fingerprint density at radius 2 is 1.72 bits per heavy atom. The molecule has 0 rings (SSSR count). The molecule has 0 bridgehead atoms. The van der Waals surface area contributed by atoms with Crippen molar-refractivity contribution in [3.05, 3.63) is 0 Å². The maximum Gasteiger partial charge on any atom is 0.310 e. The van der Waals surface area contributed by atoms with Gasteiger partial charge < -0.3 is 10.4 Å². The Kier molecular flexibility index (Phi) is 7.64. The molecule has 0 aliphatic rings. The minimum absolute atomic E-state index is 0.0789. The maximum absolute atomic E-state index is 12.0. The van der Waals surface area contributed by atoms with Crippen LogP contribution in [0.15, 0.2) is 0 Å². The molecule has 4 nitrogen and oxygen atoms in total. The molecule has 0 aromatic rings. The number of carboxylic acid groups (broad SMARTS) is 1. The van der Waals surface area contributed by atoms with Gasteiger partial charge in [-0.3, -0.25) is 9.59 Å². The zero-order valence-electron chi connectivity index (χ0n) is 12.1. The van der Waals surface area contributed by atoms with Crippen molar-refractivity contribution in [2.75, 3.05) is 0 Å². The van der Waals surface area contributed by atoms with Gasteiger partial charge >= 0.3 is 5.97 Å². The lowest BCUT2D eigenvalue weighted by Crippen LogP contribution is -2.40. The number of nitrogens with one attached hydrogen (secondary N) is 1. The van der Waals surface area contributed by atoms with Crippen molar-refractivity contribution in [2.24, 2.45) is 5.41 Å². The first-order valence-corrected chi connectivity index (χ1v) is 6.98. The van der Waals surface area contributed by atoms with Gasteiger partial charge in [-0.1, -0.05) is 34.1 Å². The van der Waals surface area contributed by atoms with E-state index in [9.17, 15) is 14.7 Å². The van der Waals surface area contributed by atoms with Gasteiger partial charge in [0, 0.05) is 12.5 Å². The molecule has 106 valence electrons. The van der Waals surface area contributed by atoms with E-state index >= 15 is 0 Å². The van der Waals surface area contributed by atoms with Gasteiger partial charge in [-0.05, 0) is 25.7 Å². The summed E-state index contributed by atoms with van der Waals surface area (Å²) in [6, 6.07) is 0.169. The Labute approximate surface area is 110 Å². The molecule has 0 saturated heterocycles. The van der Waals surface area contributed by atoms with Crippen LogP contribution < -0.4 is 5.32 Å². The minimum atomic E-state index is -0.908. The Morgan fingerprint density at radius 3 is 2.06 bits per heavy atom. The average Bonchev–Trinajstić information content (AvgIpc) is 2.35. The molecule has 0 aromatic heterocycles. The summed E-state index contributed by atoms with van der Waals surface area (Å²) in [6.07, 6.45) is 3.89. The summed E-state index contributed by atoms with van der Waals surface area (Å²) in [7, 11) is 0. The zero-order valence-corrected chi connectivity index (χ0v) is 12.1. The van der Waals surface area contributed by atoms with Crippen LogP contribution in [-0.4, -0.2) is 23.0 Å². The van der Waals surface area contributed by atoms with Crippen molar-refractivity contribution in [1.82, 2.24) is 5.32 Å². The number of carboxylic acids is 1. The third-order valence-electron chi connectivity index (χ3n) is 3.80. The first-order chi connectivity index (χ1) is 8.45. The number of hydrogen-bond acceptors (Lipinski definition) is 2. The topological polar surface area (TPSA) is 66.4 Å². The molecular formula is C14H27NO3. The molecule has 1 amide bonds. The van der Waals surface area contributed by atoms with Gasteiger partial charge in [0.05, 0.1) is 5.41 Å².